The number of rotatable bonds is 8. The summed E-state index contributed by atoms with van der Waals surface area (Å²) in [5.41, 5.74) is 0.463. The molecule has 140 valence electrons. The largest absolute Gasteiger partial charge is 0.573 e. The Balaban J connectivity index is 2.00. The average Bonchev–Trinajstić information content (AvgIpc) is 2.60. The van der Waals surface area contributed by atoms with Crippen LogP contribution in [-0.4, -0.2) is 37.6 Å². The van der Waals surface area contributed by atoms with E-state index >= 15 is 0 Å². The summed E-state index contributed by atoms with van der Waals surface area (Å²) in [7, 11) is 1.53. The van der Waals surface area contributed by atoms with Crippen LogP contribution in [-0.2, 0) is 11.3 Å². The number of amides is 1. The van der Waals surface area contributed by atoms with Crippen LogP contribution in [0.15, 0.2) is 42.6 Å². The summed E-state index contributed by atoms with van der Waals surface area (Å²) in [5, 5.41) is 2.54. The SMILES string of the molecule is COCCOc1cc(C(=O)NCc2ccccc2OC(F)(F)F)ccn1. The van der Waals surface area contributed by atoms with Crippen LogP contribution in [0.25, 0.3) is 0 Å². The van der Waals surface area contributed by atoms with Crippen molar-refractivity contribution in [1.29, 1.82) is 0 Å². The predicted octanol–water partition coefficient (Wildman–Crippen LogP) is 2.94. The molecule has 1 N–H and O–H groups in total. The minimum Gasteiger partial charge on any atom is -0.475 e. The first-order valence-corrected chi connectivity index (χ1v) is 7.58. The van der Waals surface area contributed by atoms with E-state index in [0.717, 1.165) is 0 Å². The monoisotopic (exact) mass is 370 g/mol. The van der Waals surface area contributed by atoms with Crippen LogP contribution in [0.1, 0.15) is 15.9 Å². The van der Waals surface area contributed by atoms with Gasteiger partial charge in [0.25, 0.3) is 5.91 Å². The van der Waals surface area contributed by atoms with Gasteiger partial charge in [0.1, 0.15) is 12.4 Å². The number of nitrogens with zero attached hydrogens (tertiary/aromatic N) is 1. The molecule has 0 aliphatic carbocycles. The van der Waals surface area contributed by atoms with E-state index in [-0.39, 0.29) is 35.9 Å². The summed E-state index contributed by atoms with van der Waals surface area (Å²) in [6.07, 6.45) is -3.41. The lowest BCUT2D eigenvalue weighted by molar-refractivity contribution is -0.274. The third-order valence-electron chi connectivity index (χ3n) is 3.17. The standard InChI is InChI=1S/C17H17F3N2O4/c1-24-8-9-25-15-10-12(6-7-21-15)16(23)22-11-13-4-2-3-5-14(13)26-17(18,19)20/h2-7,10H,8-9,11H2,1H3,(H,22,23). The lowest BCUT2D eigenvalue weighted by Crippen LogP contribution is -2.24. The second kappa shape index (κ2) is 9.04. The normalized spacial score (nSPS) is 11.1. The molecule has 26 heavy (non-hydrogen) atoms. The van der Waals surface area contributed by atoms with Gasteiger partial charge in [-0.1, -0.05) is 18.2 Å². The number of para-hydroxylation sites is 1. The van der Waals surface area contributed by atoms with E-state index in [1.165, 1.54) is 43.6 Å². The van der Waals surface area contributed by atoms with Gasteiger partial charge in [0.2, 0.25) is 5.88 Å². The zero-order valence-electron chi connectivity index (χ0n) is 13.9. The minimum absolute atomic E-state index is 0.132. The van der Waals surface area contributed by atoms with Gasteiger partial charge in [-0.3, -0.25) is 4.79 Å². The van der Waals surface area contributed by atoms with Gasteiger partial charge in [-0.25, -0.2) is 4.98 Å². The van der Waals surface area contributed by atoms with Crippen molar-refractivity contribution in [2.75, 3.05) is 20.3 Å². The Morgan fingerprint density at radius 3 is 2.69 bits per heavy atom. The summed E-state index contributed by atoms with van der Waals surface area (Å²) in [4.78, 5) is 16.2. The van der Waals surface area contributed by atoms with E-state index in [1.54, 1.807) is 6.07 Å². The average molecular weight is 370 g/mol. The van der Waals surface area contributed by atoms with Crippen molar-refractivity contribution in [3.05, 3.63) is 53.7 Å². The molecule has 1 aromatic heterocycles. The van der Waals surface area contributed by atoms with Gasteiger partial charge in [-0.05, 0) is 12.1 Å². The smallest absolute Gasteiger partial charge is 0.475 e. The van der Waals surface area contributed by atoms with Crippen molar-refractivity contribution in [3.63, 3.8) is 0 Å². The fraction of sp³-hybridized carbons (Fsp3) is 0.294. The molecular weight excluding hydrogens is 353 g/mol. The van der Waals surface area contributed by atoms with Gasteiger partial charge in [0.15, 0.2) is 0 Å². The van der Waals surface area contributed by atoms with E-state index < -0.39 is 12.3 Å². The van der Waals surface area contributed by atoms with Gasteiger partial charge in [0, 0.05) is 37.0 Å². The first-order chi connectivity index (χ1) is 12.4. The highest BCUT2D eigenvalue weighted by molar-refractivity contribution is 5.94. The summed E-state index contributed by atoms with van der Waals surface area (Å²) in [5.74, 6) is -0.597. The van der Waals surface area contributed by atoms with Gasteiger partial charge in [-0.15, -0.1) is 13.2 Å². The van der Waals surface area contributed by atoms with Crippen LogP contribution in [0.3, 0.4) is 0 Å². The molecule has 0 fully saturated rings. The Labute approximate surface area is 147 Å². The van der Waals surface area contributed by atoms with E-state index in [9.17, 15) is 18.0 Å². The zero-order chi connectivity index (χ0) is 19.0. The fourth-order valence-corrected chi connectivity index (χ4v) is 2.01. The van der Waals surface area contributed by atoms with E-state index in [4.69, 9.17) is 9.47 Å². The van der Waals surface area contributed by atoms with Crippen molar-refractivity contribution >= 4 is 5.91 Å². The molecule has 1 aromatic carbocycles. The van der Waals surface area contributed by atoms with E-state index in [0.29, 0.717) is 6.61 Å². The lowest BCUT2D eigenvalue weighted by atomic mass is 10.2. The summed E-state index contributed by atoms with van der Waals surface area (Å²) in [6, 6.07) is 8.49. The number of hydrogen-bond donors (Lipinski definition) is 1. The maximum Gasteiger partial charge on any atom is 0.573 e. The predicted molar refractivity (Wildman–Crippen MR) is 85.9 cm³/mol. The lowest BCUT2D eigenvalue weighted by Gasteiger charge is -2.13. The molecule has 0 aliphatic heterocycles. The second-order valence-corrected chi connectivity index (χ2v) is 5.06. The topological polar surface area (TPSA) is 69.7 Å². The Morgan fingerprint density at radius 2 is 1.96 bits per heavy atom. The molecule has 0 spiro atoms. The number of halogens is 3. The Hall–Kier alpha value is -2.81. The number of pyridine rings is 1. The number of aromatic nitrogens is 1. The van der Waals surface area contributed by atoms with E-state index in [1.807, 2.05) is 0 Å². The number of ether oxygens (including phenoxy) is 3. The molecule has 0 saturated carbocycles. The molecule has 2 aromatic rings. The fourth-order valence-electron chi connectivity index (χ4n) is 2.01. The molecule has 6 nitrogen and oxygen atoms in total. The molecule has 0 saturated heterocycles. The highest BCUT2D eigenvalue weighted by Gasteiger charge is 2.32. The number of methoxy groups -OCH3 is 1. The minimum atomic E-state index is -4.81. The molecule has 0 atom stereocenters. The molecule has 2 rings (SSSR count). The van der Waals surface area contributed by atoms with Gasteiger partial charge in [-0.2, -0.15) is 0 Å². The van der Waals surface area contributed by atoms with Crippen LogP contribution < -0.4 is 14.8 Å². The van der Waals surface area contributed by atoms with Crippen LogP contribution in [0.4, 0.5) is 13.2 Å². The number of carbonyl (C=O) groups is 1. The van der Waals surface area contributed by atoms with Gasteiger partial charge < -0.3 is 19.5 Å². The Kier molecular flexibility index (Phi) is 6.79. The third-order valence-corrected chi connectivity index (χ3v) is 3.17. The highest BCUT2D eigenvalue weighted by Crippen LogP contribution is 2.26. The van der Waals surface area contributed by atoms with Gasteiger partial charge >= 0.3 is 6.36 Å². The summed E-state index contributed by atoms with van der Waals surface area (Å²) >= 11 is 0. The number of carbonyl (C=O) groups excluding carboxylic acids is 1. The molecule has 0 unspecified atom stereocenters. The number of alkyl halides is 3. The first-order valence-electron chi connectivity index (χ1n) is 7.58. The number of nitrogens with one attached hydrogen (secondary N) is 1. The maximum atomic E-state index is 12.4. The highest BCUT2D eigenvalue weighted by atomic mass is 19.4. The van der Waals surface area contributed by atoms with Crippen molar-refractivity contribution < 1.29 is 32.2 Å². The van der Waals surface area contributed by atoms with Crippen LogP contribution >= 0.6 is 0 Å². The van der Waals surface area contributed by atoms with E-state index in [2.05, 4.69) is 15.0 Å². The van der Waals surface area contributed by atoms with Crippen molar-refractivity contribution in [1.82, 2.24) is 10.3 Å². The van der Waals surface area contributed by atoms with Crippen molar-refractivity contribution in [3.8, 4) is 11.6 Å². The molecule has 1 amide bonds. The Bertz CT molecular complexity index is 738. The molecule has 1 heterocycles. The van der Waals surface area contributed by atoms with Crippen molar-refractivity contribution in [2.45, 2.75) is 12.9 Å². The van der Waals surface area contributed by atoms with Crippen LogP contribution in [0, 0.1) is 0 Å². The molecule has 0 radical (unpaired) electrons. The molecule has 0 aliphatic rings. The zero-order valence-corrected chi connectivity index (χ0v) is 13.9. The molecular formula is C17H17F3N2O4. The number of hydrogen-bond acceptors (Lipinski definition) is 5. The quantitative estimate of drug-likeness (QED) is 0.724. The maximum absolute atomic E-state index is 12.4. The first kappa shape index (κ1) is 19.5. The van der Waals surface area contributed by atoms with Crippen molar-refractivity contribution in [2.24, 2.45) is 0 Å². The number of benzene rings is 1. The molecule has 0 bridgehead atoms. The van der Waals surface area contributed by atoms with Gasteiger partial charge in [0.05, 0.1) is 6.61 Å². The third kappa shape index (κ3) is 6.25. The second-order valence-electron chi connectivity index (χ2n) is 5.06. The van der Waals surface area contributed by atoms with Crippen LogP contribution in [0.2, 0.25) is 0 Å². The summed E-state index contributed by atoms with van der Waals surface area (Å²) in [6.45, 7) is 0.512. The Morgan fingerprint density at radius 1 is 1.19 bits per heavy atom. The van der Waals surface area contributed by atoms with Crippen LogP contribution in [0.5, 0.6) is 11.6 Å². The molecule has 9 heteroatoms. The summed E-state index contributed by atoms with van der Waals surface area (Å²) < 4.78 is 51.4.